The molecular weight excluding hydrogens is 418 g/mol. The summed E-state index contributed by atoms with van der Waals surface area (Å²) in [6, 6.07) is 16.1. The third kappa shape index (κ3) is 4.30. The van der Waals surface area contributed by atoms with E-state index in [1.165, 1.54) is 0 Å². The van der Waals surface area contributed by atoms with Gasteiger partial charge in [0.2, 0.25) is 0 Å². The number of fused-ring (bicyclic) bond motifs is 4. The molecule has 33 heavy (non-hydrogen) atoms. The van der Waals surface area contributed by atoms with Crippen LogP contribution in [0.4, 0.5) is 0 Å². The normalized spacial score (nSPS) is 13.3. The minimum absolute atomic E-state index is 0.236. The average molecular weight is 448 g/mol. The highest BCUT2D eigenvalue weighted by Crippen LogP contribution is 2.54. The van der Waals surface area contributed by atoms with Crippen molar-refractivity contribution in [1.82, 2.24) is 4.98 Å². The van der Waals surface area contributed by atoms with Crippen LogP contribution in [0.15, 0.2) is 48.5 Å². The molecule has 0 saturated heterocycles. The number of rotatable bonds is 9. The molecule has 0 spiro atoms. The molecule has 0 radical (unpaired) electrons. The van der Waals surface area contributed by atoms with Gasteiger partial charge in [-0.25, -0.2) is 4.98 Å². The van der Waals surface area contributed by atoms with Crippen LogP contribution in [0.1, 0.15) is 50.7 Å². The first-order valence-electron chi connectivity index (χ1n) is 11.4. The predicted molar refractivity (Wildman–Crippen MR) is 126 cm³/mol. The van der Waals surface area contributed by atoms with Gasteiger partial charge in [-0.15, -0.1) is 0 Å². The monoisotopic (exact) mass is 447 g/mol. The molecule has 0 amide bonds. The quantitative estimate of drug-likeness (QED) is 0.420. The maximum Gasteiger partial charge on any atom is 0.305 e. The molecule has 0 unspecified atom stereocenters. The second-order valence-electron chi connectivity index (χ2n) is 8.18. The van der Waals surface area contributed by atoms with Crippen molar-refractivity contribution in [2.75, 3.05) is 20.3 Å². The third-order valence-electron chi connectivity index (χ3n) is 6.36. The molecule has 172 valence electrons. The molecule has 0 saturated carbocycles. The summed E-state index contributed by atoms with van der Waals surface area (Å²) in [6.07, 6.45) is 1.47. The van der Waals surface area contributed by atoms with Gasteiger partial charge in [0.15, 0.2) is 0 Å². The Kier molecular flexibility index (Phi) is 6.63. The van der Waals surface area contributed by atoms with Crippen LogP contribution in [0.5, 0.6) is 5.75 Å². The molecule has 2 aromatic carbocycles. The molecule has 6 heteroatoms. The number of carbonyl (C=O) groups is 2. The lowest BCUT2D eigenvalue weighted by atomic mass is 9.71. The summed E-state index contributed by atoms with van der Waals surface area (Å²) in [4.78, 5) is 29.8. The highest BCUT2D eigenvalue weighted by atomic mass is 16.5. The number of para-hydroxylation sites is 1. The average Bonchev–Trinajstić information content (AvgIpc) is 3.09. The Morgan fingerprint density at radius 1 is 0.879 bits per heavy atom. The van der Waals surface area contributed by atoms with Gasteiger partial charge in [-0.2, -0.15) is 0 Å². The third-order valence-corrected chi connectivity index (χ3v) is 6.36. The number of carbonyl (C=O) groups excluding carboxylic acids is 2. The van der Waals surface area contributed by atoms with E-state index in [0.29, 0.717) is 26.1 Å². The zero-order chi connectivity index (χ0) is 23.4. The number of pyridine rings is 1. The Bertz CT molecular complexity index is 1160. The topological polar surface area (TPSA) is 74.7 Å². The van der Waals surface area contributed by atoms with E-state index < -0.39 is 5.41 Å². The number of methoxy groups -OCH3 is 1. The van der Waals surface area contributed by atoms with Crippen molar-refractivity contribution < 1.29 is 23.8 Å². The van der Waals surface area contributed by atoms with E-state index in [4.69, 9.17) is 19.2 Å². The lowest BCUT2D eigenvalue weighted by Gasteiger charge is -2.32. The summed E-state index contributed by atoms with van der Waals surface area (Å²) >= 11 is 0. The van der Waals surface area contributed by atoms with E-state index in [0.717, 1.165) is 39.0 Å². The number of benzene rings is 2. The van der Waals surface area contributed by atoms with Crippen LogP contribution in [0.3, 0.4) is 0 Å². The molecule has 6 nitrogen and oxygen atoms in total. The molecule has 1 aliphatic rings. The van der Waals surface area contributed by atoms with Crippen molar-refractivity contribution in [2.45, 2.75) is 44.9 Å². The van der Waals surface area contributed by atoms with Crippen molar-refractivity contribution >= 4 is 22.8 Å². The lowest BCUT2D eigenvalue weighted by Crippen LogP contribution is -2.28. The number of hydrogen-bond acceptors (Lipinski definition) is 6. The van der Waals surface area contributed by atoms with Crippen LogP contribution in [0, 0.1) is 0 Å². The van der Waals surface area contributed by atoms with E-state index in [1.54, 1.807) is 21.0 Å². The second-order valence-corrected chi connectivity index (χ2v) is 8.18. The van der Waals surface area contributed by atoms with E-state index >= 15 is 0 Å². The minimum Gasteiger partial charge on any atom is -0.497 e. The van der Waals surface area contributed by atoms with Gasteiger partial charge in [0.05, 0.1) is 31.5 Å². The number of hydrogen-bond donors (Lipinski definition) is 0. The SMILES string of the molecule is CCOC(=O)CCC1(CCC(=O)OCC)c2cc(OC)ccc2-c2nc3ccccc3cc21. The predicted octanol–water partition coefficient (Wildman–Crippen LogP) is 5.20. The van der Waals surface area contributed by atoms with Crippen LogP contribution < -0.4 is 4.74 Å². The Labute approximate surface area is 193 Å². The molecule has 0 atom stereocenters. The Morgan fingerprint density at radius 3 is 2.18 bits per heavy atom. The molecule has 0 bridgehead atoms. The molecule has 1 aromatic heterocycles. The molecule has 3 aromatic rings. The van der Waals surface area contributed by atoms with Crippen molar-refractivity contribution in [3.63, 3.8) is 0 Å². The highest BCUT2D eigenvalue weighted by Gasteiger charge is 2.45. The Balaban J connectivity index is 1.89. The van der Waals surface area contributed by atoms with Crippen LogP contribution >= 0.6 is 0 Å². The fourth-order valence-corrected chi connectivity index (χ4v) is 4.84. The fourth-order valence-electron chi connectivity index (χ4n) is 4.84. The van der Waals surface area contributed by atoms with Gasteiger partial charge in [-0.1, -0.05) is 18.2 Å². The maximum absolute atomic E-state index is 12.4. The zero-order valence-electron chi connectivity index (χ0n) is 19.3. The van der Waals surface area contributed by atoms with Gasteiger partial charge < -0.3 is 14.2 Å². The Morgan fingerprint density at radius 2 is 1.55 bits per heavy atom. The number of ether oxygens (including phenoxy) is 3. The van der Waals surface area contributed by atoms with Crippen LogP contribution in [0.25, 0.3) is 22.2 Å². The number of aromatic nitrogens is 1. The molecule has 1 heterocycles. The van der Waals surface area contributed by atoms with Crippen LogP contribution in [0.2, 0.25) is 0 Å². The summed E-state index contributed by atoms with van der Waals surface area (Å²) in [5, 5.41) is 1.02. The van der Waals surface area contributed by atoms with Gasteiger partial charge in [-0.3, -0.25) is 9.59 Å². The van der Waals surface area contributed by atoms with Gasteiger partial charge in [0, 0.05) is 29.2 Å². The molecule has 1 aliphatic carbocycles. The summed E-state index contributed by atoms with van der Waals surface area (Å²) in [5.74, 6) is 0.224. The molecule has 0 fully saturated rings. The summed E-state index contributed by atoms with van der Waals surface area (Å²) in [6.45, 7) is 4.27. The first-order chi connectivity index (χ1) is 16.0. The van der Waals surface area contributed by atoms with E-state index in [-0.39, 0.29) is 24.8 Å². The first kappa shape index (κ1) is 22.8. The fraction of sp³-hybridized carbons (Fsp3) is 0.370. The molecule has 4 rings (SSSR count). The van der Waals surface area contributed by atoms with Gasteiger partial charge in [0.1, 0.15) is 5.75 Å². The number of esters is 2. The summed E-state index contributed by atoms with van der Waals surface area (Å²) in [5.41, 5.74) is 4.26. The van der Waals surface area contributed by atoms with Crippen molar-refractivity contribution in [3.8, 4) is 17.0 Å². The minimum atomic E-state index is -0.588. The van der Waals surface area contributed by atoms with E-state index in [1.807, 2.05) is 42.5 Å². The van der Waals surface area contributed by atoms with Crippen LogP contribution in [-0.2, 0) is 24.5 Å². The zero-order valence-corrected chi connectivity index (χ0v) is 19.3. The molecule has 0 N–H and O–H groups in total. The highest BCUT2D eigenvalue weighted by molar-refractivity contribution is 5.89. The van der Waals surface area contributed by atoms with E-state index in [9.17, 15) is 9.59 Å². The van der Waals surface area contributed by atoms with Gasteiger partial charge in [0.25, 0.3) is 0 Å². The van der Waals surface area contributed by atoms with Crippen molar-refractivity contribution in [3.05, 3.63) is 59.7 Å². The van der Waals surface area contributed by atoms with Gasteiger partial charge in [-0.05, 0) is 68.1 Å². The second kappa shape index (κ2) is 9.61. The van der Waals surface area contributed by atoms with Gasteiger partial charge >= 0.3 is 11.9 Å². The smallest absolute Gasteiger partial charge is 0.305 e. The van der Waals surface area contributed by atoms with Crippen molar-refractivity contribution in [1.29, 1.82) is 0 Å². The number of nitrogens with zero attached hydrogens (tertiary/aromatic N) is 1. The van der Waals surface area contributed by atoms with Crippen molar-refractivity contribution in [2.24, 2.45) is 0 Å². The summed E-state index contributed by atoms with van der Waals surface area (Å²) < 4.78 is 16.0. The molecular formula is C27H29NO5. The molecule has 0 aliphatic heterocycles. The Hall–Kier alpha value is -3.41. The first-order valence-corrected chi connectivity index (χ1v) is 11.4. The summed E-state index contributed by atoms with van der Waals surface area (Å²) in [7, 11) is 1.63. The van der Waals surface area contributed by atoms with E-state index in [2.05, 4.69) is 6.07 Å². The van der Waals surface area contributed by atoms with Crippen LogP contribution in [-0.4, -0.2) is 37.2 Å². The maximum atomic E-state index is 12.4. The standard InChI is InChI=1S/C27H29NO5/c1-4-32-24(29)12-14-27(15-13-25(30)33-5-2)21-17-19(31-3)10-11-20(21)26-22(27)16-18-8-6-7-9-23(18)28-26/h6-11,16-17H,4-5,12-15H2,1-3H3. The lowest BCUT2D eigenvalue weighted by molar-refractivity contribution is -0.143. The largest absolute Gasteiger partial charge is 0.497 e.